The Morgan fingerprint density at radius 2 is 2.00 bits per heavy atom. The van der Waals surface area contributed by atoms with Crippen molar-refractivity contribution in [2.24, 2.45) is 0 Å². The fourth-order valence-electron chi connectivity index (χ4n) is 1.94. The van der Waals surface area contributed by atoms with Crippen molar-refractivity contribution in [1.29, 1.82) is 0 Å². The Bertz CT molecular complexity index is 564. The van der Waals surface area contributed by atoms with Gasteiger partial charge in [0.05, 0.1) is 12.1 Å². The van der Waals surface area contributed by atoms with Crippen LogP contribution < -0.4 is 10.5 Å². The van der Waals surface area contributed by atoms with Gasteiger partial charge in [0.2, 0.25) is 0 Å². The molecule has 2 rings (SSSR count). The van der Waals surface area contributed by atoms with E-state index in [0.717, 1.165) is 33.5 Å². The highest BCUT2D eigenvalue weighted by Gasteiger charge is 2.06. The van der Waals surface area contributed by atoms with Crippen LogP contribution in [0.15, 0.2) is 35.4 Å². The highest BCUT2D eigenvalue weighted by atomic mass is 32.2. The summed E-state index contributed by atoms with van der Waals surface area (Å²) in [7, 11) is 1.68. The molecule has 0 atom stereocenters. The van der Waals surface area contributed by atoms with Gasteiger partial charge in [-0.05, 0) is 49.7 Å². The highest BCUT2D eigenvalue weighted by molar-refractivity contribution is 7.98. The fraction of sp³-hybridized carbons (Fsp3) is 0.267. The van der Waals surface area contributed by atoms with Gasteiger partial charge in [-0.15, -0.1) is 11.8 Å². The highest BCUT2D eigenvalue weighted by Crippen LogP contribution is 2.29. The molecule has 0 bridgehead atoms. The van der Waals surface area contributed by atoms with E-state index in [9.17, 15) is 0 Å². The number of ether oxygens (including phenoxy) is 1. The van der Waals surface area contributed by atoms with Gasteiger partial charge in [0, 0.05) is 22.7 Å². The summed E-state index contributed by atoms with van der Waals surface area (Å²) in [5, 5.41) is 1.03. The molecule has 2 N–H and O–H groups in total. The molecule has 1 heterocycles. The van der Waals surface area contributed by atoms with Crippen molar-refractivity contribution >= 4 is 17.4 Å². The fourth-order valence-corrected chi connectivity index (χ4v) is 2.95. The minimum atomic E-state index is 0.754. The molecule has 0 unspecified atom stereocenters. The molecular formula is C15H18N2OS. The van der Waals surface area contributed by atoms with Crippen LogP contribution in [0.25, 0.3) is 0 Å². The van der Waals surface area contributed by atoms with Crippen LogP contribution in [0, 0.1) is 13.8 Å². The molecule has 2 aromatic rings. The molecule has 4 heteroatoms. The molecule has 0 fully saturated rings. The van der Waals surface area contributed by atoms with Crippen LogP contribution in [-0.4, -0.2) is 12.1 Å². The number of nitrogen functional groups attached to an aromatic ring is 1. The number of hydrogen-bond acceptors (Lipinski definition) is 4. The van der Waals surface area contributed by atoms with E-state index in [2.05, 4.69) is 24.0 Å². The Hall–Kier alpha value is -1.68. The first-order chi connectivity index (χ1) is 9.08. The summed E-state index contributed by atoms with van der Waals surface area (Å²) >= 11 is 1.69. The summed E-state index contributed by atoms with van der Waals surface area (Å²) in [4.78, 5) is 4.52. The van der Waals surface area contributed by atoms with Gasteiger partial charge in [0.15, 0.2) is 0 Å². The predicted octanol–water partition coefficient (Wildman–Crippen LogP) is 3.58. The van der Waals surface area contributed by atoms with E-state index >= 15 is 0 Å². The third-order valence-corrected chi connectivity index (χ3v) is 3.71. The SMILES string of the molecule is COc1ccc(N)cc1CSc1cc(C)cc(C)n1. The molecule has 19 heavy (non-hydrogen) atoms. The summed E-state index contributed by atoms with van der Waals surface area (Å²) < 4.78 is 5.35. The number of anilines is 1. The lowest BCUT2D eigenvalue weighted by molar-refractivity contribution is 0.411. The van der Waals surface area contributed by atoms with Crippen molar-refractivity contribution in [1.82, 2.24) is 4.98 Å². The maximum Gasteiger partial charge on any atom is 0.123 e. The molecule has 0 saturated heterocycles. The topological polar surface area (TPSA) is 48.1 Å². The molecule has 0 saturated carbocycles. The van der Waals surface area contributed by atoms with E-state index in [0.29, 0.717) is 0 Å². The second-order valence-corrected chi connectivity index (χ2v) is 5.48. The van der Waals surface area contributed by atoms with Gasteiger partial charge in [0.1, 0.15) is 5.75 Å². The molecule has 0 aliphatic heterocycles. The van der Waals surface area contributed by atoms with Crippen LogP contribution in [0.3, 0.4) is 0 Å². The van der Waals surface area contributed by atoms with E-state index < -0.39 is 0 Å². The number of aryl methyl sites for hydroxylation is 2. The lowest BCUT2D eigenvalue weighted by atomic mass is 10.2. The van der Waals surface area contributed by atoms with Crippen LogP contribution in [0.2, 0.25) is 0 Å². The molecular weight excluding hydrogens is 256 g/mol. The first-order valence-electron chi connectivity index (χ1n) is 6.09. The van der Waals surface area contributed by atoms with Crippen LogP contribution in [-0.2, 0) is 5.75 Å². The predicted molar refractivity (Wildman–Crippen MR) is 80.7 cm³/mol. The molecule has 0 aliphatic rings. The average molecular weight is 274 g/mol. The Kier molecular flexibility index (Phi) is 4.32. The van der Waals surface area contributed by atoms with Crippen LogP contribution in [0.5, 0.6) is 5.75 Å². The van der Waals surface area contributed by atoms with Gasteiger partial charge in [-0.25, -0.2) is 4.98 Å². The number of pyridine rings is 1. The molecule has 100 valence electrons. The largest absolute Gasteiger partial charge is 0.496 e. The Balaban J connectivity index is 2.16. The summed E-state index contributed by atoms with van der Waals surface area (Å²) in [6.45, 7) is 4.10. The zero-order valence-corrected chi connectivity index (χ0v) is 12.3. The number of nitrogens with two attached hydrogens (primary N) is 1. The van der Waals surface area contributed by atoms with Crippen molar-refractivity contribution < 1.29 is 4.74 Å². The number of hydrogen-bond donors (Lipinski definition) is 1. The number of aromatic nitrogens is 1. The van der Waals surface area contributed by atoms with Gasteiger partial charge < -0.3 is 10.5 Å². The zero-order valence-electron chi connectivity index (χ0n) is 11.4. The number of nitrogens with zero attached hydrogens (tertiary/aromatic N) is 1. The smallest absolute Gasteiger partial charge is 0.123 e. The molecule has 0 amide bonds. The van der Waals surface area contributed by atoms with E-state index in [1.807, 2.05) is 25.1 Å². The third-order valence-electron chi connectivity index (χ3n) is 2.75. The average Bonchev–Trinajstić information content (AvgIpc) is 2.35. The maximum atomic E-state index is 5.82. The quantitative estimate of drug-likeness (QED) is 0.684. The lowest BCUT2D eigenvalue weighted by Gasteiger charge is -2.09. The van der Waals surface area contributed by atoms with Crippen molar-refractivity contribution in [3.05, 3.63) is 47.2 Å². The Labute approximate surface area is 118 Å². The number of rotatable bonds is 4. The molecule has 0 spiro atoms. The molecule has 0 radical (unpaired) electrons. The number of methoxy groups -OCH3 is 1. The summed E-state index contributed by atoms with van der Waals surface area (Å²) in [6, 6.07) is 9.87. The standard InChI is InChI=1S/C15H18N2OS/c1-10-6-11(2)17-15(7-10)19-9-12-8-13(16)4-5-14(12)18-3/h4-8H,9,16H2,1-3H3. The van der Waals surface area contributed by atoms with Crippen molar-refractivity contribution in [2.45, 2.75) is 24.6 Å². The minimum absolute atomic E-state index is 0.754. The Morgan fingerprint density at radius 3 is 2.68 bits per heavy atom. The van der Waals surface area contributed by atoms with E-state index in [4.69, 9.17) is 10.5 Å². The maximum absolute atomic E-state index is 5.82. The molecule has 0 aliphatic carbocycles. The second-order valence-electron chi connectivity index (χ2n) is 4.48. The second kappa shape index (κ2) is 5.97. The van der Waals surface area contributed by atoms with Gasteiger partial charge >= 0.3 is 0 Å². The Morgan fingerprint density at radius 1 is 1.21 bits per heavy atom. The minimum Gasteiger partial charge on any atom is -0.496 e. The zero-order chi connectivity index (χ0) is 13.8. The van der Waals surface area contributed by atoms with Crippen LogP contribution >= 0.6 is 11.8 Å². The normalized spacial score (nSPS) is 10.5. The monoisotopic (exact) mass is 274 g/mol. The van der Waals surface area contributed by atoms with Gasteiger partial charge in [0.25, 0.3) is 0 Å². The van der Waals surface area contributed by atoms with Gasteiger partial charge in [-0.2, -0.15) is 0 Å². The van der Waals surface area contributed by atoms with E-state index in [-0.39, 0.29) is 0 Å². The summed E-state index contributed by atoms with van der Waals surface area (Å²) in [5.41, 5.74) is 9.94. The first kappa shape index (κ1) is 13.7. The van der Waals surface area contributed by atoms with Crippen molar-refractivity contribution in [3.63, 3.8) is 0 Å². The summed E-state index contributed by atoms with van der Waals surface area (Å²) in [5.74, 6) is 1.66. The van der Waals surface area contributed by atoms with Crippen molar-refractivity contribution in [2.75, 3.05) is 12.8 Å². The molecule has 1 aromatic carbocycles. The van der Waals surface area contributed by atoms with Gasteiger partial charge in [-0.3, -0.25) is 0 Å². The number of thioether (sulfide) groups is 1. The van der Waals surface area contributed by atoms with Crippen LogP contribution in [0.4, 0.5) is 5.69 Å². The summed E-state index contributed by atoms with van der Waals surface area (Å²) in [6.07, 6.45) is 0. The third kappa shape index (κ3) is 3.64. The lowest BCUT2D eigenvalue weighted by Crippen LogP contribution is -1.94. The van der Waals surface area contributed by atoms with Crippen LogP contribution in [0.1, 0.15) is 16.8 Å². The molecule has 1 aromatic heterocycles. The van der Waals surface area contributed by atoms with Crippen molar-refractivity contribution in [3.8, 4) is 5.75 Å². The first-order valence-corrected chi connectivity index (χ1v) is 7.07. The van der Waals surface area contributed by atoms with E-state index in [1.54, 1.807) is 18.9 Å². The van der Waals surface area contributed by atoms with Gasteiger partial charge in [-0.1, -0.05) is 0 Å². The molecule has 3 nitrogen and oxygen atoms in total. The number of benzene rings is 1. The van der Waals surface area contributed by atoms with E-state index in [1.165, 1.54) is 5.56 Å².